The summed E-state index contributed by atoms with van der Waals surface area (Å²) in [5, 5.41) is 9.60. The number of nitrogens with two attached hydrogens (primary N) is 1. The molecule has 0 amide bonds. The van der Waals surface area contributed by atoms with Crippen LogP contribution in [-0.4, -0.2) is 82.8 Å². The molecule has 1 unspecified atom stereocenters. The highest BCUT2D eigenvalue weighted by molar-refractivity contribution is 6.09. The van der Waals surface area contributed by atoms with Crippen molar-refractivity contribution < 1.29 is 22.6 Å². The van der Waals surface area contributed by atoms with Gasteiger partial charge < -0.3 is 25.5 Å². The van der Waals surface area contributed by atoms with E-state index in [1.807, 2.05) is 9.80 Å². The number of ether oxygens (including phenoxy) is 2. The lowest BCUT2D eigenvalue weighted by molar-refractivity contribution is 0.130. The van der Waals surface area contributed by atoms with Gasteiger partial charge in [0.05, 0.1) is 35.7 Å². The van der Waals surface area contributed by atoms with Crippen LogP contribution in [0.25, 0.3) is 32.9 Å². The summed E-state index contributed by atoms with van der Waals surface area (Å²) in [5.41, 5.74) is 7.18. The third kappa shape index (κ3) is 4.25. The minimum Gasteiger partial charge on any atom is -0.461 e. The van der Waals surface area contributed by atoms with Crippen molar-refractivity contribution in [2.24, 2.45) is 5.92 Å². The Morgan fingerprint density at radius 2 is 2.09 bits per heavy atom. The minimum absolute atomic E-state index is 0.0348. The highest BCUT2D eigenvalue weighted by Crippen LogP contribution is 2.45. The van der Waals surface area contributed by atoms with Gasteiger partial charge in [-0.1, -0.05) is 24.1 Å². The van der Waals surface area contributed by atoms with Crippen LogP contribution in [-0.2, 0) is 4.74 Å². The lowest BCUT2D eigenvalue weighted by Crippen LogP contribution is -2.44. The molecule has 4 aliphatic rings. The molecule has 9 nitrogen and oxygen atoms in total. The number of nitrogens with one attached hydrogen (secondary N) is 1. The van der Waals surface area contributed by atoms with Crippen molar-refractivity contribution in [2.75, 3.05) is 50.1 Å². The van der Waals surface area contributed by atoms with E-state index in [4.69, 9.17) is 32.0 Å². The summed E-state index contributed by atoms with van der Waals surface area (Å²) < 4.78 is 58.2. The molecule has 4 fully saturated rings. The van der Waals surface area contributed by atoms with Crippen molar-refractivity contribution >= 4 is 38.9 Å². The Balaban J connectivity index is 1.30. The smallest absolute Gasteiger partial charge is 0.319 e. The Morgan fingerprint density at radius 3 is 2.91 bits per heavy atom. The normalized spacial score (nSPS) is 25.9. The lowest BCUT2D eigenvalue weighted by atomic mass is 9.90. The summed E-state index contributed by atoms with van der Waals surface area (Å²) in [6.45, 7) is 6.45. The predicted molar refractivity (Wildman–Crippen MR) is 169 cm³/mol. The van der Waals surface area contributed by atoms with Crippen LogP contribution in [0.4, 0.5) is 24.7 Å². The van der Waals surface area contributed by atoms with Crippen LogP contribution < -0.4 is 15.4 Å². The lowest BCUT2D eigenvalue weighted by Gasteiger charge is -2.32. The van der Waals surface area contributed by atoms with Gasteiger partial charge in [-0.15, -0.1) is 6.42 Å². The maximum atomic E-state index is 16.9. The number of fused-ring (bicyclic) bond motifs is 4. The van der Waals surface area contributed by atoms with E-state index < -0.39 is 23.3 Å². The second kappa shape index (κ2) is 10.4. The summed E-state index contributed by atoms with van der Waals surface area (Å²) in [5.74, 6) is 1.21. The largest absolute Gasteiger partial charge is 0.461 e. The van der Waals surface area contributed by atoms with Gasteiger partial charge in [0.25, 0.3) is 0 Å². The van der Waals surface area contributed by atoms with E-state index in [9.17, 15) is 8.78 Å². The van der Waals surface area contributed by atoms with Crippen LogP contribution in [0.2, 0.25) is 0 Å². The summed E-state index contributed by atoms with van der Waals surface area (Å²) in [6.07, 6.45) is 7.13. The maximum Gasteiger partial charge on any atom is 0.319 e. The average Bonchev–Trinajstić information content (AvgIpc) is 3.51. The molecule has 234 valence electrons. The van der Waals surface area contributed by atoms with Crippen molar-refractivity contribution in [3.63, 3.8) is 0 Å². The van der Waals surface area contributed by atoms with Gasteiger partial charge in [0.1, 0.15) is 35.6 Å². The van der Waals surface area contributed by atoms with E-state index >= 15 is 4.39 Å². The zero-order valence-corrected chi connectivity index (χ0v) is 24.8. The first-order chi connectivity index (χ1) is 22.2. The predicted octanol–water partition coefficient (Wildman–Crippen LogP) is 4.66. The number of terminal acetylenes is 1. The SMILES string of the molecule is C#Cc1c(F)ccc2cc(N)cc(-c3ncc4c(N5CCOC[C@H]6C(=N)[C@H]65)nc(OCC56C[C@@H](F)CN5CCC6=C)nc4c3F)c12. The number of nitrogens with zero attached hydrogens (tertiary/aromatic N) is 5. The van der Waals surface area contributed by atoms with Crippen LogP contribution >= 0.6 is 0 Å². The highest BCUT2D eigenvalue weighted by Gasteiger charge is 2.53. The Labute approximate surface area is 262 Å². The Kier molecular flexibility index (Phi) is 6.49. The zero-order valence-electron chi connectivity index (χ0n) is 24.8. The van der Waals surface area contributed by atoms with Gasteiger partial charge in [-0.3, -0.25) is 9.88 Å². The number of rotatable bonds is 5. The molecule has 0 spiro atoms. The number of hydrogen-bond donors (Lipinski definition) is 2. The summed E-state index contributed by atoms with van der Waals surface area (Å²) >= 11 is 0. The molecule has 2 aromatic carbocycles. The van der Waals surface area contributed by atoms with Crippen LogP contribution in [0.3, 0.4) is 0 Å². The van der Waals surface area contributed by atoms with Gasteiger partial charge in [0.2, 0.25) is 0 Å². The quantitative estimate of drug-likeness (QED) is 0.187. The molecule has 12 heteroatoms. The molecule has 3 aliphatic heterocycles. The van der Waals surface area contributed by atoms with Gasteiger partial charge in [-0.2, -0.15) is 9.97 Å². The number of nitrogen functional groups attached to an aromatic ring is 1. The number of aromatic nitrogens is 3. The Morgan fingerprint density at radius 1 is 1.24 bits per heavy atom. The summed E-state index contributed by atoms with van der Waals surface area (Å²) in [7, 11) is 0. The number of hydrogen-bond acceptors (Lipinski definition) is 9. The van der Waals surface area contributed by atoms with Crippen LogP contribution in [0, 0.1) is 35.3 Å². The fourth-order valence-electron chi connectivity index (χ4n) is 7.49. The van der Waals surface area contributed by atoms with E-state index in [1.54, 1.807) is 6.07 Å². The fourth-order valence-corrected chi connectivity index (χ4v) is 7.49. The van der Waals surface area contributed by atoms with Crippen LogP contribution in [0.1, 0.15) is 18.4 Å². The molecule has 2 aromatic heterocycles. The maximum absolute atomic E-state index is 16.9. The average molecular weight is 626 g/mol. The molecule has 4 aromatic rings. The van der Waals surface area contributed by atoms with E-state index in [2.05, 4.69) is 22.5 Å². The molecule has 1 saturated carbocycles. The first-order valence-electron chi connectivity index (χ1n) is 15.2. The molecule has 3 N–H and O–H groups in total. The van der Waals surface area contributed by atoms with E-state index in [0.29, 0.717) is 66.2 Å². The summed E-state index contributed by atoms with van der Waals surface area (Å²) in [4.78, 5) is 17.7. The van der Waals surface area contributed by atoms with E-state index in [-0.39, 0.29) is 53.3 Å². The molecular formula is C34H30F3N7O2. The number of alkyl halides is 1. The molecule has 3 saturated heterocycles. The molecule has 0 radical (unpaired) electrons. The van der Waals surface area contributed by atoms with Gasteiger partial charge in [-0.05, 0) is 30.0 Å². The molecular weight excluding hydrogens is 595 g/mol. The van der Waals surface area contributed by atoms with Crippen molar-refractivity contribution in [1.82, 2.24) is 19.9 Å². The molecule has 8 rings (SSSR count). The monoisotopic (exact) mass is 625 g/mol. The van der Waals surface area contributed by atoms with Crippen molar-refractivity contribution in [3.05, 3.63) is 59.8 Å². The first kappa shape index (κ1) is 28.7. The van der Waals surface area contributed by atoms with Crippen molar-refractivity contribution in [2.45, 2.75) is 30.6 Å². The molecule has 46 heavy (non-hydrogen) atoms. The molecule has 5 heterocycles. The second-order valence-electron chi connectivity index (χ2n) is 12.4. The van der Waals surface area contributed by atoms with Crippen molar-refractivity contribution in [3.8, 4) is 29.6 Å². The third-order valence-corrected chi connectivity index (χ3v) is 9.87. The number of anilines is 2. The molecule has 0 bridgehead atoms. The number of pyridine rings is 1. The molecule has 4 atom stereocenters. The minimum atomic E-state index is -1.01. The van der Waals surface area contributed by atoms with E-state index in [1.165, 1.54) is 24.4 Å². The topological polar surface area (TPSA) is 113 Å². The Bertz CT molecular complexity index is 2030. The number of benzene rings is 2. The van der Waals surface area contributed by atoms with Gasteiger partial charge in [0.15, 0.2) is 5.82 Å². The van der Waals surface area contributed by atoms with E-state index in [0.717, 1.165) is 12.0 Å². The van der Waals surface area contributed by atoms with Crippen LogP contribution in [0.5, 0.6) is 6.01 Å². The standard InChI is InChI=1S/C34H30F3N7O2/c1-3-21-25(36)5-4-18-10-20(38)11-22(26(18)21)29-27(37)30-23(13-40-29)32(44-8-9-45-15-24-28(39)31(24)44)42-33(41-30)46-16-34-12-19(35)14-43(34)7-6-17(34)2/h1,4-5,10-11,13,19,24,31,39H,2,6-9,12,14-16,38H2/t19-,24+,31+,34?/m1/s1. The van der Waals surface area contributed by atoms with Gasteiger partial charge in [0, 0.05) is 60.5 Å². The zero-order chi connectivity index (χ0) is 31.9. The first-order valence-corrected chi connectivity index (χ1v) is 15.2. The molecule has 1 aliphatic carbocycles. The summed E-state index contributed by atoms with van der Waals surface area (Å²) in [6, 6.07) is 5.56. The van der Waals surface area contributed by atoms with Gasteiger partial charge in [-0.25, -0.2) is 13.2 Å². The second-order valence-corrected chi connectivity index (χ2v) is 12.4. The fraction of sp³-hybridized carbons (Fsp3) is 0.353. The number of halogens is 3. The van der Waals surface area contributed by atoms with Crippen molar-refractivity contribution in [1.29, 1.82) is 5.41 Å². The highest BCUT2D eigenvalue weighted by atomic mass is 19.1. The third-order valence-electron chi connectivity index (χ3n) is 9.87. The van der Waals surface area contributed by atoms with Crippen LogP contribution in [0.15, 0.2) is 42.6 Å². The van der Waals surface area contributed by atoms with Gasteiger partial charge >= 0.3 is 6.01 Å². The Hall–Kier alpha value is -4.73.